The average Bonchev–Trinajstić information content (AvgIpc) is 3.88. The molecule has 0 saturated heterocycles. The molecule has 73 heavy (non-hydrogen) atoms. The molecule has 0 bridgehead atoms. The van der Waals surface area contributed by atoms with E-state index in [-0.39, 0.29) is 82.1 Å². The summed E-state index contributed by atoms with van der Waals surface area (Å²) in [6.07, 6.45) is 11.6. The van der Waals surface area contributed by atoms with Crippen LogP contribution in [0.5, 0.6) is 23.0 Å². The molecule has 5 aromatic rings. The van der Waals surface area contributed by atoms with Crippen LogP contribution in [-0.2, 0) is 34.1 Å². The first-order chi connectivity index (χ1) is 35.7. The second-order valence-electron chi connectivity index (χ2n) is 18.9. The standard InChI is InChI=1S/C58H62N4O11/c1-3-30-71-58-54(61(35-42-20-25-52-53(31-42)70-38-69-52)55(65)27-21-40-18-22-45(23-19-40)62(66)67)34-50(60-72-36-41-13-5-4-6-14-41)48-32-43(15-7-9-28-63)47(17-8-10-29-64)56(57(48)58)49-33-46(24-26-51(49)73-58)68-37-44-16-11-12-39(2)59-44/h3-6,11-14,16,18-27,31-33,43,47,54,56-57,63-64H,1,7-10,15,17,28-30,34-38H2,2H3/t43-,47+,54-,56+,57+,58+/m0/s1. The number of amides is 1. The number of rotatable bonds is 23. The van der Waals surface area contributed by atoms with Crippen LogP contribution in [-0.4, -0.2) is 75.1 Å². The Bertz CT molecular complexity index is 2830. The van der Waals surface area contributed by atoms with Gasteiger partial charge in [-0.3, -0.25) is 19.9 Å². The number of aryl methyl sites for hydroxylation is 1. The second kappa shape index (κ2) is 23.5. The molecule has 6 atom stereocenters. The highest BCUT2D eigenvalue weighted by atomic mass is 16.7. The van der Waals surface area contributed by atoms with Crippen LogP contribution in [0.2, 0.25) is 0 Å². The molecule has 1 aromatic heterocycles. The Morgan fingerprint density at radius 1 is 0.904 bits per heavy atom. The van der Waals surface area contributed by atoms with E-state index in [1.807, 2.05) is 85.8 Å². The number of unbranched alkanes of at least 4 members (excludes halogenated alkanes) is 2. The van der Waals surface area contributed by atoms with Crippen LogP contribution in [0.25, 0.3) is 6.08 Å². The number of hydrogen-bond donors (Lipinski definition) is 2. The monoisotopic (exact) mass is 990 g/mol. The maximum absolute atomic E-state index is 15.4. The summed E-state index contributed by atoms with van der Waals surface area (Å²) in [6.45, 7) is 6.83. The number of non-ortho nitro benzene ring substituents is 1. The van der Waals surface area contributed by atoms with Crippen LogP contribution >= 0.6 is 0 Å². The number of nitro groups is 1. The molecule has 9 rings (SSSR count). The number of aliphatic hydroxyl groups excluding tert-OH is 2. The molecule has 4 aromatic carbocycles. The molecule has 15 heteroatoms. The lowest BCUT2D eigenvalue weighted by atomic mass is 9.55. The number of pyridine rings is 1. The number of nitrogens with zero attached hydrogens (tertiary/aromatic N) is 4. The van der Waals surface area contributed by atoms with E-state index in [4.69, 9.17) is 33.7 Å². The lowest BCUT2D eigenvalue weighted by Crippen LogP contribution is -2.70. The molecule has 2 aliphatic carbocycles. The fourth-order valence-corrected chi connectivity index (χ4v) is 10.9. The van der Waals surface area contributed by atoms with Gasteiger partial charge < -0.3 is 43.6 Å². The van der Waals surface area contributed by atoms with Gasteiger partial charge in [0.15, 0.2) is 11.5 Å². The molecule has 0 unspecified atom stereocenters. The van der Waals surface area contributed by atoms with Crippen molar-refractivity contribution in [2.75, 3.05) is 26.6 Å². The summed E-state index contributed by atoms with van der Waals surface area (Å²) in [6, 6.07) is 32.3. The molecule has 380 valence electrons. The van der Waals surface area contributed by atoms with E-state index in [0.717, 1.165) is 59.3 Å². The highest BCUT2D eigenvalue weighted by Gasteiger charge is 2.65. The average molecular weight is 991 g/mol. The minimum Gasteiger partial charge on any atom is -0.487 e. The third-order valence-corrected chi connectivity index (χ3v) is 14.2. The predicted molar refractivity (Wildman–Crippen MR) is 275 cm³/mol. The van der Waals surface area contributed by atoms with Crippen molar-refractivity contribution >= 4 is 23.4 Å². The molecule has 2 aliphatic heterocycles. The summed E-state index contributed by atoms with van der Waals surface area (Å²) in [5.74, 6) is -0.452. The quantitative estimate of drug-likeness (QED) is 0.0208. The van der Waals surface area contributed by atoms with Gasteiger partial charge in [0.2, 0.25) is 18.5 Å². The first-order valence-electron chi connectivity index (χ1n) is 25.1. The van der Waals surface area contributed by atoms with Crippen molar-refractivity contribution in [2.24, 2.45) is 22.9 Å². The molecular weight excluding hydrogens is 929 g/mol. The zero-order chi connectivity index (χ0) is 50.7. The molecule has 4 aliphatic rings. The summed E-state index contributed by atoms with van der Waals surface area (Å²) in [5.41, 5.74) is 6.35. The third kappa shape index (κ3) is 11.5. The Kier molecular flexibility index (Phi) is 16.3. The van der Waals surface area contributed by atoms with E-state index in [1.165, 1.54) is 18.2 Å². The van der Waals surface area contributed by atoms with Crippen molar-refractivity contribution in [3.05, 3.63) is 183 Å². The lowest BCUT2D eigenvalue weighted by molar-refractivity contribution is -0.384. The highest BCUT2D eigenvalue weighted by molar-refractivity contribution is 6.03. The number of carbonyl (C=O) groups is 1. The largest absolute Gasteiger partial charge is 0.487 e. The van der Waals surface area contributed by atoms with Gasteiger partial charge in [-0.05, 0) is 127 Å². The van der Waals surface area contributed by atoms with Crippen molar-refractivity contribution in [2.45, 2.75) is 89.4 Å². The van der Waals surface area contributed by atoms with Crippen LogP contribution < -0.4 is 18.9 Å². The van der Waals surface area contributed by atoms with Crippen molar-refractivity contribution in [1.29, 1.82) is 0 Å². The predicted octanol–water partition coefficient (Wildman–Crippen LogP) is 10.2. The Balaban J connectivity index is 1.23. The number of nitro benzene ring substituents is 1. The molecule has 3 heterocycles. The van der Waals surface area contributed by atoms with E-state index < -0.39 is 22.7 Å². The molecule has 1 fully saturated rings. The van der Waals surface area contributed by atoms with E-state index in [2.05, 4.69) is 23.7 Å². The summed E-state index contributed by atoms with van der Waals surface area (Å²) < 4.78 is 32.7. The maximum Gasteiger partial charge on any atom is 0.269 e. The van der Waals surface area contributed by atoms with Crippen LogP contribution in [0.15, 0.2) is 145 Å². The molecule has 0 radical (unpaired) electrons. The van der Waals surface area contributed by atoms with E-state index in [1.54, 1.807) is 29.2 Å². The molecule has 1 saturated carbocycles. The smallest absolute Gasteiger partial charge is 0.269 e. The Labute approximate surface area is 425 Å². The number of ether oxygens (including phenoxy) is 5. The van der Waals surface area contributed by atoms with Crippen molar-refractivity contribution in [1.82, 2.24) is 9.88 Å². The van der Waals surface area contributed by atoms with Crippen LogP contribution in [0.4, 0.5) is 5.69 Å². The molecule has 1 amide bonds. The van der Waals surface area contributed by atoms with Gasteiger partial charge in [0.05, 0.1) is 28.9 Å². The number of hydrogen-bond acceptors (Lipinski definition) is 13. The van der Waals surface area contributed by atoms with Gasteiger partial charge in [-0.15, -0.1) is 6.58 Å². The summed E-state index contributed by atoms with van der Waals surface area (Å²) in [4.78, 5) is 39.2. The fraction of sp³-hybridized carbons (Fsp3) is 0.362. The normalized spacial score (nSPS) is 21.9. The minimum atomic E-state index is -1.55. The van der Waals surface area contributed by atoms with Crippen molar-refractivity contribution < 1.29 is 48.5 Å². The third-order valence-electron chi connectivity index (χ3n) is 14.2. The Morgan fingerprint density at radius 3 is 2.45 bits per heavy atom. The number of aliphatic hydroxyl groups is 2. The van der Waals surface area contributed by atoms with Gasteiger partial charge in [0, 0.05) is 61.6 Å². The summed E-state index contributed by atoms with van der Waals surface area (Å²) in [7, 11) is 0. The van der Waals surface area contributed by atoms with Crippen LogP contribution in [0, 0.1) is 34.8 Å². The highest BCUT2D eigenvalue weighted by Crippen LogP contribution is 2.62. The first kappa shape index (κ1) is 50.6. The van der Waals surface area contributed by atoms with Crippen LogP contribution in [0.3, 0.4) is 0 Å². The van der Waals surface area contributed by atoms with Gasteiger partial charge in [-0.2, -0.15) is 0 Å². The van der Waals surface area contributed by atoms with Crippen molar-refractivity contribution in [3.63, 3.8) is 0 Å². The van der Waals surface area contributed by atoms with Gasteiger partial charge in [-0.1, -0.05) is 72.6 Å². The molecule has 2 N–H and O–H groups in total. The summed E-state index contributed by atoms with van der Waals surface area (Å²) in [5, 5.41) is 36.7. The van der Waals surface area contributed by atoms with Gasteiger partial charge in [0.1, 0.15) is 30.8 Å². The van der Waals surface area contributed by atoms with Gasteiger partial charge >= 0.3 is 0 Å². The number of fused-ring (bicyclic) bond motifs is 3. The second-order valence-corrected chi connectivity index (χ2v) is 18.9. The lowest BCUT2D eigenvalue weighted by Gasteiger charge is -2.60. The fourth-order valence-electron chi connectivity index (χ4n) is 10.9. The molecular formula is C58H62N4O11. The summed E-state index contributed by atoms with van der Waals surface area (Å²) >= 11 is 0. The SMILES string of the molecule is C=CCO[C@@]12Oc3ccc(OCc4cccc(C)n4)cc3[C@H]3[C@H](CCCCO)[C@@H](CCCCO)C=C(C(=NOCc4ccccc4)C[C@@H]1N(Cc1ccc4c(c1)OCO4)C(=O)C=Cc1ccc([N+](=O)[O-])cc1)[C@H]32. The number of carbonyl (C=O) groups excluding carboxylic acids is 1. The zero-order valence-corrected chi connectivity index (χ0v) is 41.1. The number of benzene rings is 4. The number of aromatic nitrogens is 1. The minimum absolute atomic E-state index is 0.0116. The topological polar surface area (TPSA) is 185 Å². The molecule has 0 spiro atoms. The van der Waals surface area contributed by atoms with Gasteiger partial charge in [-0.25, -0.2) is 0 Å². The first-order valence-corrected chi connectivity index (χ1v) is 25.1. The Morgan fingerprint density at radius 2 is 1.68 bits per heavy atom. The zero-order valence-electron chi connectivity index (χ0n) is 41.1. The van der Waals surface area contributed by atoms with Crippen LogP contribution in [0.1, 0.15) is 84.5 Å². The number of allylic oxidation sites excluding steroid dienone is 1. The van der Waals surface area contributed by atoms with E-state index in [0.29, 0.717) is 47.1 Å². The van der Waals surface area contributed by atoms with E-state index in [9.17, 15) is 20.3 Å². The van der Waals surface area contributed by atoms with Gasteiger partial charge in [0.25, 0.3) is 5.69 Å². The van der Waals surface area contributed by atoms with E-state index >= 15 is 4.79 Å². The number of oxime groups is 1. The Hall–Kier alpha value is -7.33. The molecule has 15 nitrogen and oxygen atoms in total. The maximum atomic E-state index is 15.4. The van der Waals surface area contributed by atoms with Crippen molar-refractivity contribution in [3.8, 4) is 23.0 Å².